The molecule has 0 bridgehead atoms. The number of aldehydes is 1. The van der Waals surface area contributed by atoms with Crippen molar-refractivity contribution in [2.24, 2.45) is 11.8 Å². The van der Waals surface area contributed by atoms with Crippen molar-refractivity contribution in [2.45, 2.75) is 64.6 Å². The Morgan fingerprint density at radius 1 is 1.14 bits per heavy atom. The first-order chi connectivity index (χ1) is 10.3. The molecular formula is C19H28O2. The van der Waals surface area contributed by atoms with Crippen LogP contribution in [0.5, 0.6) is 0 Å². The number of carbonyl (C=O) groups is 1. The number of benzene rings is 1. The second-order valence-corrected chi connectivity index (χ2v) is 6.24. The molecule has 0 saturated heterocycles. The minimum Gasteiger partial charge on any atom is -0.373 e. The topological polar surface area (TPSA) is 26.3 Å². The fourth-order valence-corrected chi connectivity index (χ4v) is 3.41. The zero-order chi connectivity index (χ0) is 14.9. The van der Waals surface area contributed by atoms with Gasteiger partial charge in [-0.05, 0) is 30.7 Å². The Bertz CT molecular complexity index is 401. The molecule has 0 spiro atoms. The van der Waals surface area contributed by atoms with E-state index in [-0.39, 0.29) is 12.0 Å². The van der Waals surface area contributed by atoms with Crippen molar-refractivity contribution in [1.29, 1.82) is 0 Å². The molecule has 0 N–H and O–H groups in total. The molecule has 0 amide bonds. The third-order valence-electron chi connectivity index (χ3n) is 4.69. The van der Waals surface area contributed by atoms with Crippen LogP contribution < -0.4 is 0 Å². The van der Waals surface area contributed by atoms with Gasteiger partial charge in [0, 0.05) is 5.92 Å². The van der Waals surface area contributed by atoms with Gasteiger partial charge in [0.1, 0.15) is 6.29 Å². The van der Waals surface area contributed by atoms with Crippen molar-refractivity contribution in [2.75, 3.05) is 0 Å². The maximum Gasteiger partial charge on any atom is 0.125 e. The highest BCUT2D eigenvalue weighted by Gasteiger charge is 2.36. The number of rotatable bonds is 9. The summed E-state index contributed by atoms with van der Waals surface area (Å²) in [4.78, 5) is 11.4. The molecule has 0 radical (unpaired) electrons. The van der Waals surface area contributed by atoms with Crippen LogP contribution in [-0.2, 0) is 16.1 Å². The molecule has 0 aromatic heterocycles. The van der Waals surface area contributed by atoms with Crippen LogP contribution >= 0.6 is 0 Å². The normalized spacial score (nSPS) is 25.1. The van der Waals surface area contributed by atoms with Gasteiger partial charge in [0.15, 0.2) is 0 Å². The Labute approximate surface area is 128 Å². The van der Waals surface area contributed by atoms with E-state index in [0.717, 1.165) is 19.1 Å². The lowest BCUT2D eigenvalue weighted by Crippen LogP contribution is -2.23. The zero-order valence-electron chi connectivity index (χ0n) is 13.2. The van der Waals surface area contributed by atoms with Gasteiger partial charge in [-0.1, -0.05) is 62.9 Å². The average Bonchev–Trinajstić information content (AvgIpc) is 2.92. The summed E-state index contributed by atoms with van der Waals surface area (Å²) >= 11 is 0. The van der Waals surface area contributed by atoms with Gasteiger partial charge in [0.2, 0.25) is 0 Å². The highest BCUT2D eigenvalue weighted by molar-refractivity contribution is 5.55. The minimum atomic E-state index is 0.107. The SMILES string of the molecule is CCCCCC[C@H]1CC[C@H](OCc2ccccc2)[C@@H]1C=O. The van der Waals surface area contributed by atoms with Gasteiger partial charge in [0.25, 0.3) is 0 Å². The Hall–Kier alpha value is -1.15. The average molecular weight is 288 g/mol. The van der Waals surface area contributed by atoms with Gasteiger partial charge in [-0.25, -0.2) is 0 Å². The number of hydrogen-bond acceptors (Lipinski definition) is 2. The maximum absolute atomic E-state index is 11.4. The van der Waals surface area contributed by atoms with Gasteiger partial charge in [-0.15, -0.1) is 0 Å². The lowest BCUT2D eigenvalue weighted by molar-refractivity contribution is -0.116. The van der Waals surface area contributed by atoms with Crippen LogP contribution in [0.25, 0.3) is 0 Å². The summed E-state index contributed by atoms with van der Waals surface area (Å²) < 4.78 is 6.02. The number of hydrogen-bond donors (Lipinski definition) is 0. The van der Waals surface area contributed by atoms with Crippen LogP contribution in [-0.4, -0.2) is 12.4 Å². The third-order valence-corrected chi connectivity index (χ3v) is 4.69. The second-order valence-electron chi connectivity index (χ2n) is 6.24. The van der Waals surface area contributed by atoms with E-state index in [1.807, 2.05) is 18.2 Å². The first-order valence-corrected chi connectivity index (χ1v) is 8.46. The fraction of sp³-hybridized carbons (Fsp3) is 0.632. The Balaban J connectivity index is 1.77. The summed E-state index contributed by atoms with van der Waals surface area (Å²) in [5.41, 5.74) is 1.19. The van der Waals surface area contributed by atoms with E-state index in [2.05, 4.69) is 19.1 Å². The van der Waals surface area contributed by atoms with E-state index in [1.165, 1.54) is 37.7 Å². The lowest BCUT2D eigenvalue weighted by atomic mass is 9.91. The molecule has 1 fully saturated rings. The molecule has 2 rings (SSSR count). The summed E-state index contributed by atoms with van der Waals surface area (Å²) in [7, 11) is 0. The van der Waals surface area contributed by atoms with Crippen molar-refractivity contribution in [3.63, 3.8) is 0 Å². The molecule has 0 aliphatic heterocycles. The Kier molecular flexibility index (Phi) is 6.94. The molecule has 116 valence electrons. The van der Waals surface area contributed by atoms with E-state index < -0.39 is 0 Å². The molecule has 21 heavy (non-hydrogen) atoms. The van der Waals surface area contributed by atoms with E-state index in [4.69, 9.17) is 4.74 Å². The fourth-order valence-electron chi connectivity index (χ4n) is 3.41. The van der Waals surface area contributed by atoms with Crippen LogP contribution in [0.1, 0.15) is 57.4 Å². The van der Waals surface area contributed by atoms with Crippen LogP contribution in [0.4, 0.5) is 0 Å². The van der Waals surface area contributed by atoms with Crippen molar-refractivity contribution >= 4 is 6.29 Å². The van der Waals surface area contributed by atoms with Crippen molar-refractivity contribution in [3.8, 4) is 0 Å². The van der Waals surface area contributed by atoms with Crippen LogP contribution in [0.3, 0.4) is 0 Å². The molecular weight excluding hydrogens is 260 g/mol. The minimum absolute atomic E-state index is 0.107. The van der Waals surface area contributed by atoms with Gasteiger partial charge >= 0.3 is 0 Å². The number of carbonyl (C=O) groups excluding carboxylic acids is 1. The molecule has 1 aliphatic rings. The summed E-state index contributed by atoms with van der Waals surface area (Å²) in [6.07, 6.45) is 9.78. The van der Waals surface area contributed by atoms with Crippen LogP contribution in [0.2, 0.25) is 0 Å². The smallest absolute Gasteiger partial charge is 0.125 e. The third kappa shape index (κ3) is 4.96. The second kappa shape index (κ2) is 8.99. The highest BCUT2D eigenvalue weighted by Crippen LogP contribution is 2.36. The van der Waals surface area contributed by atoms with E-state index in [9.17, 15) is 4.79 Å². The van der Waals surface area contributed by atoms with Crippen molar-refractivity contribution in [3.05, 3.63) is 35.9 Å². The summed E-state index contributed by atoms with van der Waals surface area (Å²) in [6.45, 7) is 2.86. The molecule has 0 unspecified atom stereocenters. The largest absolute Gasteiger partial charge is 0.373 e. The first kappa shape index (κ1) is 16.2. The Morgan fingerprint density at radius 2 is 1.95 bits per heavy atom. The maximum atomic E-state index is 11.4. The van der Waals surface area contributed by atoms with E-state index >= 15 is 0 Å². The number of unbranched alkanes of at least 4 members (excludes halogenated alkanes) is 3. The molecule has 0 heterocycles. The van der Waals surface area contributed by atoms with Crippen molar-refractivity contribution in [1.82, 2.24) is 0 Å². The highest BCUT2D eigenvalue weighted by atomic mass is 16.5. The van der Waals surface area contributed by atoms with Gasteiger partial charge in [0.05, 0.1) is 12.7 Å². The van der Waals surface area contributed by atoms with Crippen molar-refractivity contribution < 1.29 is 9.53 Å². The summed E-state index contributed by atoms with van der Waals surface area (Å²) in [5, 5.41) is 0. The monoisotopic (exact) mass is 288 g/mol. The first-order valence-electron chi connectivity index (χ1n) is 8.46. The molecule has 1 aliphatic carbocycles. The van der Waals surface area contributed by atoms with Gasteiger partial charge in [-0.3, -0.25) is 0 Å². The lowest BCUT2D eigenvalue weighted by Gasteiger charge is -2.20. The quantitative estimate of drug-likeness (QED) is 0.483. The predicted molar refractivity (Wildman–Crippen MR) is 86.1 cm³/mol. The molecule has 3 atom stereocenters. The van der Waals surface area contributed by atoms with E-state index in [1.54, 1.807) is 0 Å². The molecule has 2 heteroatoms. The van der Waals surface area contributed by atoms with Crippen LogP contribution in [0, 0.1) is 11.8 Å². The Morgan fingerprint density at radius 3 is 2.67 bits per heavy atom. The van der Waals surface area contributed by atoms with Crippen LogP contribution in [0.15, 0.2) is 30.3 Å². The van der Waals surface area contributed by atoms with Gasteiger partial charge in [-0.2, -0.15) is 0 Å². The summed E-state index contributed by atoms with van der Waals surface area (Å²) in [5.74, 6) is 0.649. The van der Waals surface area contributed by atoms with Gasteiger partial charge < -0.3 is 9.53 Å². The standard InChI is InChI=1S/C19H28O2/c1-2-3-4-8-11-17-12-13-19(18(17)14-20)21-15-16-9-6-5-7-10-16/h5-7,9-10,14,17-19H,2-4,8,11-13,15H2,1H3/t17-,18+,19-/m0/s1. The van der Waals surface area contributed by atoms with E-state index in [0.29, 0.717) is 12.5 Å². The molecule has 1 saturated carbocycles. The summed E-state index contributed by atoms with van der Waals surface area (Å²) in [6, 6.07) is 10.2. The molecule has 1 aromatic carbocycles. The number of ether oxygens (including phenoxy) is 1. The predicted octanol–water partition coefficient (Wildman–Crippen LogP) is 4.77. The molecule has 2 nitrogen and oxygen atoms in total. The zero-order valence-corrected chi connectivity index (χ0v) is 13.2. The molecule has 1 aromatic rings.